The number of hydrogen-bond acceptors (Lipinski definition) is 2. The SMILES string of the molecule is Cc1cc(C)c(-n2[nH]c(C(C)C)c(N)c2=O)c(C)c1. The van der Waals surface area contributed by atoms with E-state index in [1.54, 1.807) is 4.68 Å². The van der Waals surface area contributed by atoms with Crippen LogP contribution in [-0.2, 0) is 0 Å². The van der Waals surface area contributed by atoms with Gasteiger partial charge in [0.05, 0.1) is 11.4 Å². The van der Waals surface area contributed by atoms with Crippen LogP contribution in [0.4, 0.5) is 5.69 Å². The fourth-order valence-corrected chi connectivity index (χ4v) is 2.59. The van der Waals surface area contributed by atoms with Crippen LogP contribution in [0.5, 0.6) is 0 Å². The van der Waals surface area contributed by atoms with Crippen LogP contribution in [0.2, 0.25) is 0 Å². The molecule has 0 bridgehead atoms. The Kier molecular flexibility index (Phi) is 3.27. The van der Waals surface area contributed by atoms with Crippen LogP contribution in [0, 0.1) is 20.8 Å². The van der Waals surface area contributed by atoms with E-state index in [1.165, 1.54) is 5.56 Å². The number of anilines is 1. The second-order valence-corrected chi connectivity index (χ2v) is 5.48. The van der Waals surface area contributed by atoms with E-state index in [4.69, 9.17) is 5.73 Å². The van der Waals surface area contributed by atoms with E-state index in [9.17, 15) is 4.79 Å². The van der Waals surface area contributed by atoms with Crippen molar-refractivity contribution in [2.75, 3.05) is 5.73 Å². The number of nitrogens with zero attached hydrogens (tertiary/aromatic N) is 1. The monoisotopic (exact) mass is 259 g/mol. The van der Waals surface area contributed by atoms with Crippen molar-refractivity contribution in [1.82, 2.24) is 9.78 Å². The van der Waals surface area contributed by atoms with Gasteiger partial charge in [-0.05, 0) is 37.8 Å². The minimum Gasteiger partial charge on any atom is -0.393 e. The highest BCUT2D eigenvalue weighted by Gasteiger charge is 2.17. The number of aryl methyl sites for hydroxylation is 3. The van der Waals surface area contributed by atoms with Crippen molar-refractivity contribution < 1.29 is 0 Å². The smallest absolute Gasteiger partial charge is 0.294 e. The van der Waals surface area contributed by atoms with Crippen molar-refractivity contribution in [3.05, 3.63) is 44.9 Å². The van der Waals surface area contributed by atoms with Gasteiger partial charge < -0.3 is 5.73 Å². The molecule has 0 spiro atoms. The quantitative estimate of drug-likeness (QED) is 0.871. The summed E-state index contributed by atoms with van der Waals surface area (Å²) in [7, 11) is 0. The lowest BCUT2D eigenvalue weighted by Crippen LogP contribution is -2.18. The first-order chi connectivity index (χ1) is 8.82. The predicted molar refractivity (Wildman–Crippen MR) is 79.1 cm³/mol. The average molecular weight is 259 g/mol. The molecule has 1 heterocycles. The Morgan fingerprint density at radius 2 is 1.68 bits per heavy atom. The molecule has 0 aliphatic carbocycles. The maximum Gasteiger partial charge on any atom is 0.294 e. The van der Waals surface area contributed by atoms with Gasteiger partial charge in [-0.25, -0.2) is 4.68 Å². The van der Waals surface area contributed by atoms with Crippen molar-refractivity contribution in [2.24, 2.45) is 0 Å². The lowest BCUT2D eigenvalue weighted by molar-refractivity contribution is 0.755. The first-order valence-corrected chi connectivity index (χ1v) is 6.51. The Labute approximate surface area is 113 Å². The molecule has 0 fully saturated rings. The number of H-pyrrole nitrogens is 1. The molecule has 0 aliphatic heterocycles. The zero-order valence-corrected chi connectivity index (χ0v) is 12.2. The van der Waals surface area contributed by atoms with E-state index < -0.39 is 0 Å². The summed E-state index contributed by atoms with van der Waals surface area (Å²) in [5.74, 6) is 0.194. The van der Waals surface area contributed by atoms with E-state index >= 15 is 0 Å². The minimum atomic E-state index is -0.168. The molecule has 2 rings (SSSR count). The second kappa shape index (κ2) is 4.61. The number of benzene rings is 1. The van der Waals surface area contributed by atoms with Crippen LogP contribution in [-0.4, -0.2) is 9.78 Å². The van der Waals surface area contributed by atoms with Crippen LogP contribution in [0.3, 0.4) is 0 Å². The van der Waals surface area contributed by atoms with Crippen LogP contribution in [0.1, 0.15) is 42.1 Å². The molecule has 3 N–H and O–H groups in total. The molecule has 0 saturated heterocycles. The molecule has 4 heteroatoms. The van der Waals surface area contributed by atoms with Gasteiger partial charge in [-0.15, -0.1) is 0 Å². The van der Waals surface area contributed by atoms with Gasteiger partial charge in [0.15, 0.2) is 0 Å². The van der Waals surface area contributed by atoms with Crippen molar-refractivity contribution in [3.8, 4) is 5.69 Å². The summed E-state index contributed by atoms with van der Waals surface area (Å²) >= 11 is 0. The number of hydrogen-bond donors (Lipinski definition) is 2. The van der Waals surface area contributed by atoms with Crippen LogP contribution in [0.15, 0.2) is 16.9 Å². The van der Waals surface area contributed by atoms with Gasteiger partial charge >= 0.3 is 0 Å². The Balaban J connectivity index is 2.74. The van der Waals surface area contributed by atoms with E-state index in [0.29, 0.717) is 5.69 Å². The summed E-state index contributed by atoms with van der Waals surface area (Å²) in [5.41, 5.74) is 11.1. The number of aromatic nitrogens is 2. The normalized spacial score (nSPS) is 11.3. The highest BCUT2D eigenvalue weighted by molar-refractivity contribution is 5.52. The third-order valence-electron chi connectivity index (χ3n) is 3.39. The lowest BCUT2D eigenvalue weighted by atomic mass is 10.1. The van der Waals surface area contributed by atoms with E-state index in [2.05, 4.69) is 24.2 Å². The number of nitrogens with two attached hydrogens (primary N) is 1. The number of nitrogens with one attached hydrogen (secondary N) is 1. The topological polar surface area (TPSA) is 63.8 Å². The largest absolute Gasteiger partial charge is 0.393 e. The van der Waals surface area contributed by atoms with Gasteiger partial charge in [-0.3, -0.25) is 9.89 Å². The first-order valence-electron chi connectivity index (χ1n) is 6.51. The third kappa shape index (κ3) is 2.18. The number of nitrogen functional groups attached to an aromatic ring is 1. The standard InChI is InChI=1S/C15H21N3O/c1-8(2)13-12(16)15(19)18(17-13)14-10(4)6-9(3)7-11(14)5/h6-8,17H,16H2,1-5H3. The van der Waals surface area contributed by atoms with Crippen molar-refractivity contribution in [2.45, 2.75) is 40.5 Å². The molecule has 0 unspecified atom stereocenters. The lowest BCUT2D eigenvalue weighted by Gasteiger charge is -2.11. The summed E-state index contributed by atoms with van der Waals surface area (Å²) in [5, 5.41) is 3.15. The fourth-order valence-electron chi connectivity index (χ4n) is 2.59. The molecule has 102 valence electrons. The summed E-state index contributed by atoms with van der Waals surface area (Å²) in [6, 6.07) is 4.14. The molecule has 2 aromatic rings. The molecular weight excluding hydrogens is 238 g/mol. The van der Waals surface area contributed by atoms with Crippen molar-refractivity contribution in [1.29, 1.82) is 0 Å². The summed E-state index contributed by atoms with van der Waals surface area (Å²) in [6.07, 6.45) is 0. The molecule has 1 aromatic heterocycles. The Morgan fingerprint density at radius 3 is 2.11 bits per heavy atom. The predicted octanol–water partition coefficient (Wildman–Crippen LogP) is 2.80. The highest BCUT2D eigenvalue weighted by Crippen LogP contribution is 2.22. The molecule has 4 nitrogen and oxygen atoms in total. The van der Waals surface area contributed by atoms with Crippen LogP contribution >= 0.6 is 0 Å². The van der Waals surface area contributed by atoms with Gasteiger partial charge in [0.1, 0.15) is 5.69 Å². The number of aromatic amines is 1. The Hall–Kier alpha value is -1.97. The third-order valence-corrected chi connectivity index (χ3v) is 3.39. The molecule has 0 radical (unpaired) electrons. The molecule has 0 saturated carbocycles. The zero-order chi connectivity index (χ0) is 14.3. The van der Waals surface area contributed by atoms with Gasteiger partial charge in [0.2, 0.25) is 0 Å². The maximum absolute atomic E-state index is 12.3. The minimum absolute atomic E-state index is 0.168. The average Bonchev–Trinajstić information content (AvgIpc) is 2.56. The maximum atomic E-state index is 12.3. The van der Waals surface area contributed by atoms with Crippen molar-refractivity contribution in [3.63, 3.8) is 0 Å². The van der Waals surface area contributed by atoms with E-state index in [0.717, 1.165) is 22.5 Å². The van der Waals surface area contributed by atoms with Gasteiger partial charge in [0, 0.05) is 0 Å². The summed E-state index contributed by atoms with van der Waals surface area (Å²) in [4.78, 5) is 12.3. The van der Waals surface area contributed by atoms with E-state index in [-0.39, 0.29) is 11.5 Å². The Bertz CT molecular complexity index is 654. The van der Waals surface area contributed by atoms with E-state index in [1.807, 2.05) is 27.7 Å². The molecule has 0 amide bonds. The first kappa shape index (κ1) is 13.5. The fraction of sp³-hybridized carbons (Fsp3) is 0.400. The summed E-state index contributed by atoms with van der Waals surface area (Å²) < 4.78 is 1.56. The van der Waals surface area contributed by atoms with Crippen LogP contribution < -0.4 is 11.3 Å². The molecule has 19 heavy (non-hydrogen) atoms. The zero-order valence-electron chi connectivity index (χ0n) is 12.2. The molecular formula is C15H21N3O. The Morgan fingerprint density at radius 1 is 1.16 bits per heavy atom. The second-order valence-electron chi connectivity index (χ2n) is 5.48. The van der Waals surface area contributed by atoms with Gasteiger partial charge in [-0.2, -0.15) is 0 Å². The highest BCUT2D eigenvalue weighted by atomic mass is 16.1. The molecule has 0 aliphatic rings. The van der Waals surface area contributed by atoms with Gasteiger partial charge in [0.25, 0.3) is 5.56 Å². The number of rotatable bonds is 2. The molecule has 0 atom stereocenters. The summed E-state index contributed by atoms with van der Waals surface area (Å²) in [6.45, 7) is 10.1. The van der Waals surface area contributed by atoms with Gasteiger partial charge in [-0.1, -0.05) is 31.5 Å². The molecule has 1 aromatic carbocycles. The van der Waals surface area contributed by atoms with Crippen LogP contribution in [0.25, 0.3) is 5.69 Å². The van der Waals surface area contributed by atoms with Crippen molar-refractivity contribution >= 4 is 5.69 Å².